The standard InChI is InChI=1S/C46H46N8O6/c1-59-45(57)51-39(33-11-5-3-6-12-33)43(55)53-25-9-15-37(53)41-47-27-35(49-41)31-21-17-29(18-22-31)30-19-23-32(24-20-30)36-28-48-42(50-36)38-16-10-26-54(38)44(56)40(52-46(58)60-2)34-13-7-4-8-14-34/h3-8,11-14,17-24,27-28,37-40H,9-10,15-16,25-26H2,1-2H3,(H,47,49)(H,48,50)(H,51,57)(H,52,58)/t37-,38-,39+,40+/m0/s1. The summed E-state index contributed by atoms with van der Waals surface area (Å²) in [6, 6.07) is 32.5. The maximum Gasteiger partial charge on any atom is 0.407 e. The van der Waals surface area contributed by atoms with Crippen LogP contribution in [0.2, 0.25) is 0 Å². The molecule has 8 rings (SSSR count). The molecule has 60 heavy (non-hydrogen) atoms. The molecule has 0 saturated carbocycles. The Kier molecular flexibility index (Phi) is 11.7. The van der Waals surface area contributed by atoms with E-state index >= 15 is 0 Å². The average molecular weight is 807 g/mol. The highest BCUT2D eigenvalue weighted by Gasteiger charge is 2.38. The van der Waals surface area contributed by atoms with Crippen molar-refractivity contribution in [2.24, 2.45) is 0 Å². The number of methoxy groups -OCH3 is 2. The maximum atomic E-state index is 13.9. The number of carbonyl (C=O) groups excluding carboxylic acids is 4. The van der Waals surface area contributed by atoms with E-state index in [1.807, 2.05) is 84.9 Å². The number of ether oxygens (including phenoxy) is 2. The predicted molar refractivity (Wildman–Crippen MR) is 224 cm³/mol. The van der Waals surface area contributed by atoms with Crippen molar-refractivity contribution in [1.82, 2.24) is 40.4 Å². The van der Waals surface area contributed by atoms with Crippen LogP contribution in [-0.2, 0) is 19.1 Å². The molecule has 0 spiro atoms. The highest BCUT2D eigenvalue weighted by molar-refractivity contribution is 5.88. The normalized spacial score (nSPS) is 17.2. The molecule has 0 radical (unpaired) electrons. The largest absolute Gasteiger partial charge is 0.453 e. The second kappa shape index (κ2) is 17.7. The number of aromatic amines is 2. The third-order valence-electron chi connectivity index (χ3n) is 11.3. The zero-order valence-corrected chi connectivity index (χ0v) is 33.3. The summed E-state index contributed by atoms with van der Waals surface area (Å²) in [7, 11) is 2.56. The number of nitrogens with zero attached hydrogens (tertiary/aromatic N) is 4. The highest BCUT2D eigenvalue weighted by atomic mass is 16.5. The topological polar surface area (TPSA) is 175 Å². The van der Waals surface area contributed by atoms with E-state index in [2.05, 4.69) is 44.9 Å². The molecule has 2 fully saturated rings. The number of likely N-dealkylation sites (tertiary alicyclic amines) is 2. The van der Waals surface area contributed by atoms with Gasteiger partial charge in [-0.1, -0.05) is 109 Å². The van der Waals surface area contributed by atoms with Crippen LogP contribution in [0.3, 0.4) is 0 Å². The first kappa shape index (κ1) is 39.6. The number of aromatic nitrogens is 4. The molecule has 4 heterocycles. The lowest BCUT2D eigenvalue weighted by molar-refractivity contribution is -0.135. The molecule has 306 valence electrons. The maximum absolute atomic E-state index is 13.9. The first-order valence-corrected chi connectivity index (χ1v) is 20.0. The summed E-state index contributed by atoms with van der Waals surface area (Å²) in [6.45, 7) is 1.10. The van der Waals surface area contributed by atoms with Crippen molar-refractivity contribution in [1.29, 1.82) is 0 Å². The van der Waals surface area contributed by atoms with Gasteiger partial charge in [0.1, 0.15) is 23.7 Å². The first-order valence-electron chi connectivity index (χ1n) is 20.0. The highest BCUT2D eigenvalue weighted by Crippen LogP contribution is 2.36. The SMILES string of the molecule is COC(=O)N[C@@H](C(=O)N1CCC[C@H]1c1ncc(-c2ccc(-c3ccc(-c4cnc([C@@H]5CCCN5C(=O)[C@H](NC(=O)OC)c5ccccc5)[nH]4)cc3)cc2)[nH]1)c1ccccc1. The predicted octanol–water partition coefficient (Wildman–Crippen LogP) is 7.66. The van der Waals surface area contributed by atoms with Crippen molar-refractivity contribution in [3.63, 3.8) is 0 Å². The molecule has 14 nitrogen and oxygen atoms in total. The van der Waals surface area contributed by atoms with E-state index in [1.165, 1.54) is 14.2 Å². The van der Waals surface area contributed by atoms with E-state index < -0.39 is 24.3 Å². The number of H-pyrrole nitrogens is 2. The van der Waals surface area contributed by atoms with Crippen LogP contribution in [0.4, 0.5) is 9.59 Å². The lowest BCUT2D eigenvalue weighted by Gasteiger charge is -2.28. The van der Waals surface area contributed by atoms with Crippen LogP contribution in [0.5, 0.6) is 0 Å². The number of rotatable bonds is 11. The summed E-state index contributed by atoms with van der Waals surface area (Å²) in [6.07, 6.45) is 5.36. The summed E-state index contributed by atoms with van der Waals surface area (Å²) in [4.78, 5) is 72.1. The van der Waals surface area contributed by atoms with E-state index in [-0.39, 0.29) is 23.9 Å². The fourth-order valence-electron chi connectivity index (χ4n) is 8.17. The third kappa shape index (κ3) is 8.35. The number of carbonyl (C=O) groups is 4. The Balaban J connectivity index is 0.928. The van der Waals surface area contributed by atoms with Crippen LogP contribution in [0, 0.1) is 0 Å². The fraction of sp³-hybridized carbons (Fsp3) is 0.261. The average Bonchev–Trinajstić information content (AvgIpc) is 4.15. The van der Waals surface area contributed by atoms with Crippen LogP contribution in [0.15, 0.2) is 122 Å². The first-order chi connectivity index (χ1) is 29.3. The molecular formula is C46H46N8O6. The van der Waals surface area contributed by atoms with Crippen molar-refractivity contribution >= 4 is 24.0 Å². The number of alkyl carbamates (subject to hydrolysis) is 2. The van der Waals surface area contributed by atoms with Crippen LogP contribution < -0.4 is 10.6 Å². The van der Waals surface area contributed by atoms with Crippen molar-refractivity contribution < 1.29 is 28.7 Å². The number of amides is 4. The number of nitrogens with one attached hydrogen (secondary N) is 4. The summed E-state index contributed by atoms with van der Waals surface area (Å²) < 4.78 is 9.65. The summed E-state index contributed by atoms with van der Waals surface area (Å²) in [5.74, 6) is 0.959. The summed E-state index contributed by atoms with van der Waals surface area (Å²) in [5, 5.41) is 5.42. The smallest absolute Gasteiger partial charge is 0.407 e. The molecule has 0 aliphatic carbocycles. The molecule has 4 amide bonds. The molecule has 2 aliphatic rings. The minimum atomic E-state index is -0.884. The minimum Gasteiger partial charge on any atom is -0.453 e. The lowest BCUT2D eigenvalue weighted by atomic mass is 10.0. The van der Waals surface area contributed by atoms with Gasteiger partial charge in [0.05, 0.1) is 50.1 Å². The van der Waals surface area contributed by atoms with Crippen LogP contribution >= 0.6 is 0 Å². The number of benzene rings is 4. The van der Waals surface area contributed by atoms with E-state index in [0.717, 1.165) is 59.3 Å². The monoisotopic (exact) mass is 806 g/mol. The van der Waals surface area contributed by atoms with Crippen molar-refractivity contribution in [2.45, 2.75) is 49.9 Å². The Labute approximate surface area is 347 Å². The molecule has 0 bridgehead atoms. The van der Waals surface area contributed by atoms with Gasteiger partial charge in [0, 0.05) is 13.1 Å². The van der Waals surface area contributed by atoms with Crippen molar-refractivity contribution in [3.8, 4) is 33.6 Å². The summed E-state index contributed by atoms with van der Waals surface area (Å²) >= 11 is 0. The van der Waals surface area contributed by atoms with Gasteiger partial charge in [-0.2, -0.15) is 0 Å². The van der Waals surface area contributed by atoms with E-state index in [9.17, 15) is 19.2 Å². The molecule has 4 N–H and O–H groups in total. The van der Waals surface area contributed by atoms with Gasteiger partial charge in [-0.05, 0) is 59.1 Å². The van der Waals surface area contributed by atoms with Gasteiger partial charge in [0.2, 0.25) is 0 Å². The molecular weight excluding hydrogens is 761 g/mol. The Morgan fingerprint density at radius 3 is 1.30 bits per heavy atom. The van der Waals surface area contributed by atoms with Crippen LogP contribution in [0.25, 0.3) is 33.6 Å². The molecule has 6 aromatic rings. The Bertz CT molecular complexity index is 2260. The fourth-order valence-corrected chi connectivity index (χ4v) is 8.17. The van der Waals surface area contributed by atoms with E-state index in [1.54, 1.807) is 22.2 Å². The zero-order chi connectivity index (χ0) is 41.6. The number of hydrogen-bond donors (Lipinski definition) is 4. The van der Waals surface area contributed by atoms with Crippen LogP contribution in [0.1, 0.15) is 72.6 Å². The molecule has 14 heteroatoms. The molecule has 4 atom stereocenters. The molecule has 2 saturated heterocycles. The van der Waals surface area contributed by atoms with Gasteiger partial charge in [-0.3, -0.25) is 9.59 Å². The van der Waals surface area contributed by atoms with E-state index in [4.69, 9.17) is 19.4 Å². The van der Waals surface area contributed by atoms with Gasteiger partial charge < -0.3 is 39.9 Å². The van der Waals surface area contributed by atoms with Gasteiger partial charge in [-0.15, -0.1) is 0 Å². The molecule has 4 aromatic carbocycles. The minimum absolute atomic E-state index is 0.216. The Morgan fingerprint density at radius 1 is 0.567 bits per heavy atom. The Morgan fingerprint density at radius 2 is 0.933 bits per heavy atom. The zero-order valence-electron chi connectivity index (χ0n) is 33.3. The number of hydrogen-bond acceptors (Lipinski definition) is 8. The quantitative estimate of drug-likeness (QED) is 0.103. The van der Waals surface area contributed by atoms with E-state index in [0.29, 0.717) is 35.9 Å². The number of imidazole rings is 2. The van der Waals surface area contributed by atoms with Crippen LogP contribution in [-0.4, -0.2) is 81.0 Å². The second-order valence-corrected chi connectivity index (χ2v) is 14.9. The summed E-state index contributed by atoms with van der Waals surface area (Å²) in [5.41, 5.74) is 7.03. The van der Waals surface area contributed by atoms with Gasteiger partial charge in [-0.25, -0.2) is 19.6 Å². The lowest BCUT2D eigenvalue weighted by Crippen LogP contribution is -2.42. The Hall–Kier alpha value is -7.22. The van der Waals surface area contributed by atoms with Crippen molar-refractivity contribution in [2.75, 3.05) is 27.3 Å². The van der Waals surface area contributed by atoms with Crippen molar-refractivity contribution in [3.05, 3.63) is 144 Å². The molecule has 0 unspecified atom stereocenters. The molecule has 2 aliphatic heterocycles. The van der Waals surface area contributed by atoms with Gasteiger partial charge in [0.25, 0.3) is 11.8 Å². The van der Waals surface area contributed by atoms with Gasteiger partial charge >= 0.3 is 12.2 Å². The van der Waals surface area contributed by atoms with Gasteiger partial charge in [0.15, 0.2) is 0 Å². The molecule has 2 aromatic heterocycles. The third-order valence-corrected chi connectivity index (χ3v) is 11.3. The second-order valence-electron chi connectivity index (χ2n) is 14.9.